The minimum atomic E-state index is -3.59. The van der Waals surface area contributed by atoms with Crippen molar-refractivity contribution in [1.82, 2.24) is 49.7 Å². The van der Waals surface area contributed by atoms with Crippen molar-refractivity contribution in [3.05, 3.63) is 106 Å². The minimum absolute atomic E-state index is 0.0517. The van der Waals surface area contributed by atoms with E-state index in [-0.39, 0.29) is 27.7 Å². The minimum Gasteiger partial charge on any atom is -0.391 e. The Hall–Kier alpha value is -3.45. The predicted molar refractivity (Wildman–Crippen MR) is 294 cm³/mol. The maximum atomic E-state index is 13.3. The van der Waals surface area contributed by atoms with E-state index in [0.717, 1.165) is 57.2 Å². The van der Waals surface area contributed by atoms with E-state index in [9.17, 15) is 32.2 Å². The summed E-state index contributed by atoms with van der Waals surface area (Å²) in [5.74, 6) is 0.507. The molecule has 0 spiro atoms. The van der Waals surface area contributed by atoms with E-state index in [1.165, 1.54) is 35.5 Å². The van der Waals surface area contributed by atoms with Gasteiger partial charge in [0, 0.05) is 129 Å². The zero-order valence-electron chi connectivity index (χ0n) is 43.4. The number of nitrogens with one attached hydrogen (secondary N) is 2. The first-order chi connectivity index (χ1) is 36.6. The summed E-state index contributed by atoms with van der Waals surface area (Å²) in [6.07, 6.45) is 9.25. The molecule has 6 fully saturated rings. The van der Waals surface area contributed by atoms with Gasteiger partial charge >= 0.3 is 0 Å². The van der Waals surface area contributed by atoms with Crippen molar-refractivity contribution in [3.8, 4) is 0 Å². The number of thiophene rings is 1. The summed E-state index contributed by atoms with van der Waals surface area (Å²) < 4.78 is 66.9. The Morgan fingerprint density at radius 2 is 1.43 bits per heavy atom. The molecule has 0 aliphatic carbocycles. The Morgan fingerprint density at radius 1 is 0.779 bits per heavy atom. The van der Waals surface area contributed by atoms with Gasteiger partial charge in [-0.1, -0.05) is 36.4 Å². The molecule has 0 amide bonds. The first-order valence-electron chi connectivity index (χ1n) is 25.5. The van der Waals surface area contributed by atoms with E-state index >= 15 is 0 Å². The number of benzene rings is 1. The molecular weight excluding hydrogens is 1110 g/mol. The molecular formula is C50H69Cl2N11O10S4. The van der Waals surface area contributed by atoms with Gasteiger partial charge in [0.2, 0.25) is 15.6 Å². The van der Waals surface area contributed by atoms with Gasteiger partial charge in [-0.2, -0.15) is 4.31 Å². The predicted octanol–water partition coefficient (Wildman–Crippen LogP) is 3.51. The fraction of sp³-hybridized carbons (Fsp3) is 0.580. The van der Waals surface area contributed by atoms with Gasteiger partial charge in [0.05, 0.1) is 74.6 Å². The molecule has 1 aromatic carbocycles. The molecule has 0 radical (unpaired) electrons. The van der Waals surface area contributed by atoms with E-state index < -0.39 is 36.4 Å². The summed E-state index contributed by atoms with van der Waals surface area (Å²) in [5.41, 5.74) is 0.571. The number of ether oxygens (including phenoxy) is 3. The molecule has 6 unspecified atom stereocenters. The lowest BCUT2D eigenvalue weighted by Gasteiger charge is -2.45. The Labute approximate surface area is 468 Å². The molecule has 5 aromatic rings. The quantitative estimate of drug-likeness (QED) is 0.0835. The van der Waals surface area contributed by atoms with Crippen LogP contribution in [0.4, 0.5) is 5.95 Å². The molecule has 6 saturated heterocycles. The topological polar surface area (TPSA) is 258 Å². The first-order valence-corrected chi connectivity index (χ1v) is 31.4. The number of anilines is 1. The number of sulfonamides is 1. The van der Waals surface area contributed by atoms with E-state index in [1.54, 1.807) is 67.3 Å². The molecule has 4 bridgehead atoms. The average molecular weight is 1180 g/mol. The van der Waals surface area contributed by atoms with Crippen molar-refractivity contribution in [3.63, 3.8) is 0 Å². The van der Waals surface area contributed by atoms with Crippen molar-refractivity contribution in [1.29, 1.82) is 0 Å². The van der Waals surface area contributed by atoms with Gasteiger partial charge in [0.1, 0.15) is 4.21 Å². The molecule has 77 heavy (non-hydrogen) atoms. The van der Waals surface area contributed by atoms with Gasteiger partial charge in [-0.05, 0) is 69.1 Å². The second kappa shape index (κ2) is 26.4. The fourth-order valence-electron chi connectivity index (χ4n) is 10.1. The maximum Gasteiger partial charge on any atom is 0.288 e. The summed E-state index contributed by atoms with van der Waals surface area (Å²) in [7, 11) is -2.25. The lowest BCUT2D eigenvalue weighted by molar-refractivity contribution is -0.0522. The number of halogens is 2. The molecule has 6 aliphatic rings. The molecule has 6 aliphatic heterocycles. The van der Waals surface area contributed by atoms with Crippen LogP contribution in [0.5, 0.6) is 0 Å². The van der Waals surface area contributed by atoms with Crippen molar-refractivity contribution >= 4 is 70.0 Å². The average Bonchev–Trinajstić information content (AvgIpc) is 4.25. The number of rotatable bonds is 13. The number of aliphatic hydroxyl groups excluding tert-OH is 1. The summed E-state index contributed by atoms with van der Waals surface area (Å²) in [6.45, 7) is 16.0. The number of aromatic nitrogens is 5. The molecule has 422 valence electrons. The maximum absolute atomic E-state index is 13.3. The van der Waals surface area contributed by atoms with Crippen molar-refractivity contribution in [2.24, 2.45) is 0 Å². The largest absolute Gasteiger partial charge is 0.391 e. The Balaban J connectivity index is 0.000000155. The monoisotopic (exact) mass is 1180 g/mol. The number of thiazole rings is 1. The highest BCUT2D eigenvalue weighted by Gasteiger charge is 2.47. The molecule has 0 saturated carbocycles. The zero-order valence-corrected chi connectivity index (χ0v) is 48.2. The number of morpholine rings is 2. The fourth-order valence-corrected chi connectivity index (χ4v) is 14.4. The third kappa shape index (κ3) is 15.9. The molecule has 21 nitrogen and oxygen atoms in total. The second-order valence-corrected chi connectivity index (χ2v) is 27.7. The third-order valence-electron chi connectivity index (χ3n) is 14.2. The van der Waals surface area contributed by atoms with Crippen LogP contribution in [0.3, 0.4) is 0 Å². The van der Waals surface area contributed by atoms with Gasteiger partial charge < -0.3 is 45.1 Å². The highest BCUT2D eigenvalue weighted by molar-refractivity contribution is 8.14. The van der Waals surface area contributed by atoms with E-state index in [4.69, 9.17) is 36.5 Å². The number of nitrogens with zero attached hydrogens (tertiary/aromatic N) is 9. The lowest BCUT2D eigenvalue weighted by Crippen LogP contribution is -2.61. The van der Waals surface area contributed by atoms with Crippen LogP contribution in [0.25, 0.3) is 0 Å². The highest BCUT2D eigenvalue weighted by atomic mass is 35.7. The Kier molecular flexibility index (Phi) is 20.5. The summed E-state index contributed by atoms with van der Waals surface area (Å²) in [4.78, 5) is 26.9. The molecule has 11 rings (SSSR count). The normalized spacial score (nSPS) is 26.2. The third-order valence-corrected chi connectivity index (χ3v) is 20.4. The molecule has 10 heterocycles. The molecule has 4 aromatic heterocycles. The van der Waals surface area contributed by atoms with Crippen LogP contribution in [0.15, 0.2) is 92.8 Å². The first kappa shape index (κ1) is 59.7. The Bertz CT molecular complexity index is 2820. The van der Waals surface area contributed by atoms with Crippen LogP contribution >= 0.6 is 45.0 Å². The van der Waals surface area contributed by atoms with Crippen molar-refractivity contribution in [2.75, 3.05) is 83.7 Å². The molecule has 8 atom stereocenters. The molecule has 27 heteroatoms. The van der Waals surface area contributed by atoms with Gasteiger partial charge in [0.15, 0.2) is 0 Å². The van der Waals surface area contributed by atoms with Crippen molar-refractivity contribution in [2.45, 2.75) is 115 Å². The number of hydrogen-bond donors (Lipinski definition) is 5. The van der Waals surface area contributed by atoms with Gasteiger partial charge in [0.25, 0.3) is 19.1 Å². The van der Waals surface area contributed by atoms with Crippen LogP contribution < -0.4 is 15.5 Å². The Morgan fingerprint density at radius 3 is 2.00 bits per heavy atom. The number of aliphatic hydroxyl groups is 3. The standard InChI is InChI=1S/C22H31N5O5S2.C18H27N3O2.C7H9ClN2O.C3H2ClNO2S2/c1-22(2,29)15-9-23-21(24-10-15)26-6-5-25(34(30,31)20-4-3-7-33-20)11-17(26)12-27-16-8-19(28)18(27)14-32-13-16;1-2-4-14(5-3-1)11-23-18-8-16-12-22-13-17(18)21(16)10-15-9-19-6-7-20-15;1-7(2,11)5-3-9-6(8)10-4-5;4-9(6,7)3-5-1-2-8-3/h3-4,7,9-10,16-19,28-29H,5-6,8,11-14H2,1-2H3;1-5,15-20H,6-13H2;3-4,11H,1-2H3;1-2H/t16?,17-,18?,19?;15-,16?,17?,18?;;/m11../s1. The van der Waals surface area contributed by atoms with Crippen LogP contribution in [0.2, 0.25) is 5.28 Å². The van der Waals surface area contributed by atoms with Crippen LogP contribution in [0.1, 0.15) is 57.2 Å². The van der Waals surface area contributed by atoms with E-state index in [1.807, 2.05) is 6.07 Å². The summed E-state index contributed by atoms with van der Waals surface area (Å²) in [5, 5.41) is 40.8. The number of fused-ring (bicyclic) bond motifs is 4. The van der Waals surface area contributed by atoms with Gasteiger partial charge in [-0.3, -0.25) is 9.80 Å². The highest BCUT2D eigenvalue weighted by Crippen LogP contribution is 2.34. The number of hydrogen-bond acceptors (Lipinski definition) is 22. The lowest BCUT2D eigenvalue weighted by atomic mass is 10.0. The zero-order chi connectivity index (χ0) is 55.0. The molecule has 5 N–H and O–H groups in total. The smallest absolute Gasteiger partial charge is 0.288 e. The van der Waals surface area contributed by atoms with Gasteiger partial charge in [-0.25, -0.2) is 41.8 Å². The summed E-state index contributed by atoms with van der Waals surface area (Å²) in [6, 6.07) is 15.1. The summed E-state index contributed by atoms with van der Waals surface area (Å²) >= 11 is 7.68. The van der Waals surface area contributed by atoms with Crippen LogP contribution in [-0.2, 0) is 51.1 Å². The van der Waals surface area contributed by atoms with Gasteiger partial charge in [-0.15, -0.1) is 22.7 Å². The number of piperazine rings is 2. The van der Waals surface area contributed by atoms with Crippen LogP contribution in [0, 0.1) is 0 Å². The van der Waals surface area contributed by atoms with Crippen molar-refractivity contribution < 1.29 is 46.4 Å². The second-order valence-electron chi connectivity index (χ2n) is 20.6. The van der Waals surface area contributed by atoms with E-state index in [2.05, 4.69) is 74.5 Å². The van der Waals surface area contributed by atoms with Crippen LogP contribution in [-0.4, -0.2) is 198 Å². The van der Waals surface area contributed by atoms with E-state index in [0.29, 0.717) is 97.9 Å². The SMILES string of the molecule is CC(C)(O)c1cnc(Cl)nc1.CC(C)(O)c1cnc(N2CCN(S(=O)(=O)c3cccs3)C[C@@H]2CN2C3COCC2C(O)C3)nc1.O=S(=O)(Cl)c1nccs1.c1ccc(COC2CC3COCC2N3C[C@H]2CNCCN2)cc1.